The second kappa shape index (κ2) is 1.79. The minimum absolute atomic E-state index is 1.05. The van der Waals surface area contributed by atoms with Crippen LogP contribution in [0, 0.1) is 0 Å². The predicted molar refractivity (Wildman–Crippen MR) is 38.4 cm³/mol. The second-order valence-corrected chi connectivity index (χ2v) is 2.44. The lowest BCUT2D eigenvalue weighted by Gasteiger charge is -1.84. The zero-order valence-corrected chi connectivity index (χ0v) is 5.46. The molecule has 0 saturated heterocycles. The van der Waals surface area contributed by atoms with Crippen molar-refractivity contribution < 1.29 is 0 Å². The largest absolute Gasteiger partial charge is 0.262 e. The molecule has 0 amide bonds. The maximum absolute atomic E-state index is 4.03. The van der Waals surface area contributed by atoms with E-state index in [1.165, 1.54) is 5.47 Å². The monoisotopic (exact) mass is 111 g/mol. The molecule has 36 valence electrons. The van der Waals surface area contributed by atoms with E-state index in [1.807, 2.05) is 6.20 Å². The molecule has 0 aromatic rings. The summed E-state index contributed by atoms with van der Waals surface area (Å²) in [6, 6.07) is 0. The molecule has 0 N–H and O–H groups in total. The molecule has 1 unspecified atom stereocenters. The second-order valence-electron chi connectivity index (χ2n) is 1.77. The third kappa shape index (κ3) is 1.14. The standard InChI is InChI=1S/C4H7BNP/c5-3-1-4(7)6-2-3/h2H,1,5,7H2. The van der Waals surface area contributed by atoms with Crippen molar-refractivity contribution in [3.05, 3.63) is 11.7 Å². The molecule has 1 nitrogen and oxygen atoms in total. The van der Waals surface area contributed by atoms with Gasteiger partial charge < -0.3 is 0 Å². The molecule has 3 heteroatoms. The summed E-state index contributed by atoms with van der Waals surface area (Å²) < 4.78 is 0. The van der Waals surface area contributed by atoms with E-state index in [-0.39, 0.29) is 0 Å². The third-order valence-corrected chi connectivity index (χ3v) is 1.26. The highest BCUT2D eigenvalue weighted by molar-refractivity contribution is 7.40. The Bertz CT molecular complexity index is 123. The Morgan fingerprint density at radius 2 is 2.57 bits per heavy atom. The summed E-state index contributed by atoms with van der Waals surface area (Å²) in [6.45, 7) is 0. The van der Waals surface area contributed by atoms with E-state index in [0.29, 0.717) is 0 Å². The number of hydrogen-bond acceptors (Lipinski definition) is 1. The van der Waals surface area contributed by atoms with Gasteiger partial charge in [-0.3, -0.25) is 4.99 Å². The average Bonchev–Trinajstić information content (AvgIpc) is 1.87. The van der Waals surface area contributed by atoms with Crippen molar-refractivity contribution in [3.63, 3.8) is 0 Å². The van der Waals surface area contributed by atoms with Crippen LogP contribution in [-0.4, -0.2) is 13.3 Å². The average molecular weight is 111 g/mol. The van der Waals surface area contributed by atoms with Crippen LogP contribution >= 0.6 is 9.24 Å². The van der Waals surface area contributed by atoms with Gasteiger partial charge in [-0.15, -0.1) is 0 Å². The molecule has 1 heterocycles. The van der Waals surface area contributed by atoms with Crippen LogP contribution in [0.3, 0.4) is 0 Å². The molecular formula is C4H7BNP. The number of rotatable bonds is 0. The number of nitrogens with zero attached hydrogens (tertiary/aromatic N) is 1. The molecule has 7 heavy (non-hydrogen) atoms. The smallest absolute Gasteiger partial charge is 0.136 e. The molecule has 0 aliphatic carbocycles. The molecular weight excluding hydrogens is 104 g/mol. The Kier molecular flexibility index (Phi) is 1.29. The summed E-state index contributed by atoms with van der Waals surface area (Å²) in [5.74, 6) is 0. The van der Waals surface area contributed by atoms with Gasteiger partial charge in [0.1, 0.15) is 7.85 Å². The lowest BCUT2D eigenvalue weighted by atomic mass is 9.96. The Hall–Kier alpha value is -0.0951. The topological polar surface area (TPSA) is 12.4 Å². The molecule has 0 bridgehead atoms. The minimum atomic E-state index is 1.05. The maximum atomic E-state index is 4.03. The van der Waals surface area contributed by atoms with E-state index in [9.17, 15) is 0 Å². The quantitative estimate of drug-likeness (QED) is 0.311. The Labute approximate surface area is 46.5 Å². The van der Waals surface area contributed by atoms with E-state index in [0.717, 1.165) is 11.9 Å². The van der Waals surface area contributed by atoms with Crippen molar-refractivity contribution >= 4 is 22.5 Å². The van der Waals surface area contributed by atoms with Crippen molar-refractivity contribution in [2.45, 2.75) is 6.42 Å². The zero-order chi connectivity index (χ0) is 5.28. The molecule has 1 rings (SSSR count). The van der Waals surface area contributed by atoms with Crippen LogP contribution in [0.2, 0.25) is 0 Å². The Morgan fingerprint density at radius 1 is 1.86 bits per heavy atom. The van der Waals surface area contributed by atoms with Gasteiger partial charge in [0, 0.05) is 18.1 Å². The molecule has 0 saturated carbocycles. The first-order valence-electron chi connectivity index (χ1n) is 2.27. The van der Waals surface area contributed by atoms with Gasteiger partial charge in [-0.2, -0.15) is 0 Å². The van der Waals surface area contributed by atoms with Gasteiger partial charge in [-0.1, -0.05) is 14.7 Å². The van der Waals surface area contributed by atoms with Crippen LogP contribution in [0.15, 0.2) is 16.7 Å². The summed E-state index contributed by atoms with van der Waals surface area (Å²) in [4.78, 5) is 4.03. The fraction of sp³-hybridized carbons (Fsp3) is 0.250. The summed E-state index contributed by atoms with van der Waals surface area (Å²) in [5.41, 5.74) is 2.50. The van der Waals surface area contributed by atoms with E-state index in [2.05, 4.69) is 22.1 Å². The summed E-state index contributed by atoms with van der Waals surface area (Å²) in [5, 5.41) is 0. The highest BCUT2D eigenvalue weighted by Gasteiger charge is 1.97. The first kappa shape index (κ1) is 5.05. The highest BCUT2D eigenvalue weighted by atomic mass is 31.0. The van der Waals surface area contributed by atoms with Crippen molar-refractivity contribution in [3.8, 4) is 0 Å². The fourth-order valence-corrected chi connectivity index (χ4v) is 0.967. The summed E-state index contributed by atoms with van der Waals surface area (Å²) in [7, 11) is 4.68. The van der Waals surface area contributed by atoms with Gasteiger partial charge in [0.05, 0.1) is 0 Å². The van der Waals surface area contributed by atoms with Crippen LogP contribution in [-0.2, 0) is 0 Å². The van der Waals surface area contributed by atoms with Crippen molar-refractivity contribution in [1.82, 2.24) is 0 Å². The maximum Gasteiger partial charge on any atom is 0.136 e. The van der Waals surface area contributed by atoms with Crippen LogP contribution < -0.4 is 0 Å². The normalized spacial score (nSPS) is 19.0. The van der Waals surface area contributed by atoms with E-state index in [1.54, 1.807) is 0 Å². The third-order valence-electron chi connectivity index (χ3n) is 0.911. The molecule has 1 aliphatic rings. The van der Waals surface area contributed by atoms with Crippen LogP contribution in [0.4, 0.5) is 0 Å². The van der Waals surface area contributed by atoms with E-state index >= 15 is 0 Å². The van der Waals surface area contributed by atoms with Gasteiger partial charge >= 0.3 is 0 Å². The molecule has 0 aromatic carbocycles. The van der Waals surface area contributed by atoms with Gasteiger partial charge in [0.15, 0.2) is 0 Å². The van der Waals surface area contributed by atoms with Crippen molar-refractivity contribution in [1.29, 1.82) is 0 Å². The highest BCUT2D eigenvalue weighted by Crippen LogP contribution is 2.10. The summed E-state index contributed by atoms with van der Waals surface area (Å²) in [6.07, 6.45) is 2.95. The molecule has 0 radical (unpaired) electrons. The van der Waals surface area contributed by atoms with Crippen molar-refractivity contribution in [2.24, 2.45) is 4.99 Å². The summed E-state index contributed by atoms with van der Waals surface area (Å²) >= 11 is 0. The van der Waals surface area contributed by atoms with E-state index < -0.39 is 0 Å². The first-order valence-corrected chi connectivity index (χ1v) is 2.84. The molecule has 0 fully saturated rings. The van der Waals surface area contributed by atoms with E-state index in [4.69, 9.17) is 0 Å². The number of allylic oxidation sites excluding steroid dienone is 1. The SMILES string of the molecule is BC1=CN=C(P)C1. The van der Waals surface area contributed by atoms with Gasteiger partial charge in [0.2, 0.25) is 0 Å². The lowest BCUT2D eigenvalue weighted by molar-refractivity contribution is 1.53. The van der Waals surface area contributed by atoms with Crippen LogP contribution in [0.25, 0.3) is 0 Å². The Morgan fingerprint density at radius 3 is 2.71 bits per heavy atom. The number of hydrogen-bond donors (Lipinski definition) is 0. The minimum Gasteiger partial charge on any atom is -0.262 e. The zero-order valence-electron chi connectivity index (χ0n) is 4.31. The van der Waals surface area contributed by atoms with Gasteiger partial charge in [0.25, 0.3) is 0 Å². The van der Waals surface area contributed by atoms with Crippen LogP contribution in [0.1, 0.15) is 6.42 Å². The van der Waals surface area contributed by atoms with Crippen LogP contribution in [0.5, 0.6) is 0 Å². The molecule has 0 aromatic heterocycles. The molecule has 1 atom stereocenters. The van der Waals surface area contributed by atoms with Gasteiger partial charge in [-0.25, -0.2) is 0 Å². The fourth-order valence-electron chi connectivity index (χ4n) is 0.570. The molecule has 0 spiro atoms. The lowest BCUT2D eigenvalue weighted by Crippen LogP contribution is -1.80. The van der Waals surface area contributed by atoms with Crippen molar-refractivity contribution in [2.75, 3.05) is 0 Å². The molecule has 1 aliphatic heterocycles. The van der Waals surface area contributed by atoms with Gasteiger partial charge in [-0.05, 0) is 0 Å². The first-order chi connectivity index (χ1) is 3.29. The Balaban J connectivity index is 2.61. The predicted octanol–water partition coefficient (Wildman–Crippen LogP) is 0.138. The number of aliphatic imine (C=N–C) groups is 1.